The van der Waals surface area contributed by atoms with Gasteiger partial charge >= 0.3 is 0 Å². The van der Waals surface area contributed by atoms with Crippen LogP contribution in [0.3, 0.4) is 0 Å². The number of benzene rings is 1. The minimum absolute atomic E-state index is 0.115. The molecule has 0 fully saturated rings. The molecule has 0 aliphatic rings. The topological polar surface area (TPSA) is 93.2 Å². The molecule has 25 heavy (non-hydrogen) atoms. The zero-order chi connectivity index (χ0) is 18.1. The van der Waals surface area contributed by atoms with Gasteiger partial charge in [-0.15, -0.1) is 0 Å². The molecule has 3 aromatic rings. The molecule has 2 N–H and O–H groups in total. The van der Waals surface area contributed by atoms with Crippen molar-refractivity contribution >= 4 is 5.91 Å². The average Bonchev–Trinajstić information content (AvgIpc) is 3.08. The van der Waals surface area contributed by atoms with Crippen LogP contribution < -0.4 is 5.32 Å². The van der Waals surface area contributed by atoms with Crippen LogP contribution in [0.15, 0.2) is 28.9 Å². The van der Waals surface area contributed by atoms with E-state index in [1.807, 2.05) is 0 Å². The first-order valence-corrected chi connectivity index (χ1v) is 7.62. The second-order valence-corrected chi connectivity index (χ2v) is 5.72. The zero-order valence-electron chi connectivity index (χ0n) is 14.0. The van der Waals surface area contributed by atoms with E-state index >= 15 is 0 Å². The molecule has 3 rings (SSSR count). The van der Waals surface area contributed by atoms with Crippen LogP contribution in [-0.4, -0.2) is 26.0 Å². The Bertz CT molecular complexity index is 926. The highest BCUT2D eigenvalue weighted by Crippen LogP contribution is 2.21. The molecule has 0 aliphatic carbocycles. The lowest BCUT2D eigenvalue weighted by Crippen LogP contribution is -2.24. The molecule has 0 saturated carbocycles. The van der Waals surface area contributed by atoms with Crippen LogP contribution in [0.1, 0.15) is 33.1 Å². The number of carbonyl (C=O) groups is 1. The van der Waals surface area contributed by atoms with E-state index in [0.717, 1.165) is 5.56 Å². The highest BCUT2D eigenvalue weighted by molar-refractivity contribution is 5.94. The molecule has 0 aliphatic heterocycles. The van der Waals surface area contributed by atoms with Crippen LogP contribution in [-0.2, 0) is 6.54 Å². The van der Waals surface area contributed by atoms with E-state index in [1.54, 1.807) is 20.8 Å². The number of hydrogen-bond acceptors (Lipinski definition) is 5. The van der Waals surface area contributed by atoms with Crippen LogP contribution >= 0.6 is 0 Å². The summed E-state index contributed by atoms with van der Waals surface area (Å²) >= 11 is 0. The van der Waals surface area contributed by atoms with E-state index < -0.39 is 5.91 Å². The van der Waals surface area contributed by atoms with Gasteiger partial charge in [-0.25, -0.2) is 9.07 Å². The highest BCUT2D eigenvalue weighted by atomic mass is 19.1. The van der Waals surface area contributed by atoms with Crippen LogP contribution in [0.25, 0.3) is 5.69 Å². The van der Waals surface area contributed by atoms with Gasteiger partial charge in [0.1, 0.15) is 11.6 Å². The van der Waals surface area contributed by atoms with Gasteiger partial charge in [-0.05, 0) is 44.5 Å². The Morgan fingerprint density at radius 3 is 2.76 bits per heavy atom. The number of carbonyl (C=O) groups excluding carboxylic acids is 1. The molecule has 0 spiro atoms. The summed E-state index contributed by atoms with van der Waals surface area (Å²) in [4.78, 5) is 12.3. The van der Waals surface area contributed by atoms with Crippen LogP contribution in [0.4, 0.5) is 4.39 Å². The lowest BCUT2D eigenvalue weighted by molar-refractivity contribution is 0.0942. The van der Waals surface area contributed by atoms with Gasteiger partial charge in [-0.2, -0.15) is 5.10 Å². The number of aromatic nitrogens is 3. The van der Waals surface area contributed by atoms with Gasteiger partial charge in [0.05, 0.1) is 17.6 Å². The van der Waals surface area contributed by atoms with Gasteiger partial charge in [-0.1, -0.05) is 5.16 Å². The normalized spacial score (nSPS) is 10.9. The highest BCUT2D eigenvalue weighted by Gasteiger charge is 2.19. The summed E-state index contributed by atoms with van der Waals surface area (Å²) in [5.41, 5.74) is 2.55. The lowest BCUT2D eigenvalue weighted by Gasteiger charge is -2.05. The SMILES string of the molecule is Cc1cc(F)ccc1-n1cc(O)c(C(=O)NCc2c(C)noc2C)n1. The third kappa shape index (κ3) is 3.23. The van der Waals surface area contributed by atoms with Crippen LogP contribution in [0.5, 0.6) is 5.75 Å². The Hall–Kier alpha value is -3.16. The number of hydrogen-bond donors (Lipinski definition) is 2. The van der Waals surface area contributed by atoms with Gasteiger partial charge in [0, 0.05) is 12.1 Å². The van der Waals surface area contributed by atoms with Crippen LogP contribution in [0, 0.1) is 26.6 Å². The minimum atomic E-state index is -0.531. The van der Waals surface area contributed by atoms with Crippen molar-refractivity contribution in [1.29, 1.82) is 0 Å². The molecule has 1 amide bonds. The lowest BCUT2D eigenvalue weighted by atomic mass is 10.2. The van der Waals surface area contributed by atoms with Crippen molar-refractivity contribution < 1.29 is 18.8 Å². The fourth-order valence-electron chi connectivity index (χ4n) is 2.53. The number of aromatic hydroxyl groups is 1. The van der Waals surface area contributed by atoms with Crippen molar-refractivity contribution in [3.63, 3.8) is 0 Å². The molecule has 7 nitrogen and oxygen atoms in total. The van der Waals surface area contributed by atoms with Crippen molar-refractivity contribution in [3.05, 3.63) is 58.5 Å². The molecule has 1 aromatic carbocycles. The van der Waals surface area contributed by atoms with E-state index in [0.29, 0.717) is 22.7 Å². The predicted octanol–water partition coefficient (Wildman–Crippen LogP) is 2.56. The molecule has 8 heteroatoms. The summed E-state index contributed by atoms with van der Waals surface area (Å²) in [5.74, 6) is -0.541. The Labute approximate surface area is 143 Å². The van der Waals surface area contributed by atoms with Crippen molar-refractivity contribution in [1.82, 2.24) is 20.3 Å². The Kier molecular flexibility index (Phi) is 4.26. The third-order valence-corrected chi connectivity index (χ3v) is 3.92. The fourth-order valence-corrected chi connectivity index (χ4v) is 2.53. The van der Waals surface area contributed by atoms with E-state index in [2.05, 4.69) is 15.6 Å². The Morgan fingerprint density at radius 1 is 1.36 bits per heavy atom. The smallest absolute Gasteiger partial charge is 0.275 e. The van der Waals surface area contributed by atoms with Crippen molar-refractivity contribution in [3.8, 4) is 11.4 Å². The summed E-state index contributed by atoms with van der Waals surface area (Å²) in [6, 6.07) is 4.17. The number of rotatable bonds is 4. The zero-order valence-corrected chi connectivity index (χ0v) is 14.0. The second kappa shape index (κ2) is 6.39. The molecule has 2 aromatic heterocycles. The largest absolute Gasteiger partial charge is 0.504 e. The minimum Gasteiger partial charge on any atom is -0.504 e. The van der Waals surface area contributed by atoms with Gasteiger partial charge in [0.25, 0.3) is 5.91 Å². The fraction of sp³-hybridized carbons (Fsp3) is 0.235. The summed E-state index contributed by atoms with van der Waals surface area (Å²) in [6.07, 6.45) is 1.31. The first-order chi connectivity index (χ1) is 11.9. The molecular weight excluding hydrogens is 327 g/mol. The third-order valence-electron chi connectivity index (χ3n) is 3.92. The van der Waals surface area contributed by atoms with Crippen LogP contribution in [0.2, 0.25) is 0 Å². The van der Waals surface area contributed by atoms with E-state index in [4.69, 9.17) is 4.52 Å². The summed E-state index contributed by atoms with van der Waals surface area (Å²) in [5, 5.41) is 20.6. The van der Waals surface area contributed by atoms with Crippen molar-refractivity contribution in [2.24, 2.45) is 0 Å². The van der Waals surface area contributed by atoms with Gasteiger partial charge in [-0.3, -0.25) is 4.79 Å². The predicted molar refractivity (Wildman–Crippen MR) is 87.1 cm³/mol. The molecule has 0 bridgehead atoms. The van der Waals surface area contributed by atoms with E-state index in [1.165, 1.54) is 29.1 Å². The van der Waals surface area contributed by atoms with Crippen molar-refractivity contribution in [2.75, 3.05) is 0 Å². The standard InChI is InChI=1S/C17H17FN4O3/c1-9-6-12(18)4-5-14(9)22-8-15(23)16(20-22)17(24)19-7-13-10(2)21-25-11(13)3/h4-6,8,23H,7H2,1-3H3,(H,19,24). The van der Waals surface area contributed by atoms with Crippen molar-refractivity contribution in [2.45, 2.75) is 27.3 Å². The summed E-state index contributed by atoms with van der Waals surface area (Å²) in [6.45, 7) is 5.46. The number of nitrogens with one attached hydrogen (secondary N) is 1. The van der Waals surface area contributed by atoms with E-state index in [-0.39, 0.29) is 23.8 Å². The summed E-state index contributed by atoms with van der Waals surface area (Å²) < 4.78 is 19.6. The second-order valence-electron chi connectivity index (χ2n) is 5.72. The molecule has 0 unspecified atom stereocenters. The molecule has 0 atom stereocenters. The average molecular weight is 344 g/mol. The molecule has 130 valence electrons. The first-order valence-electron chi connectivity index (χ1n) is 7.62. The monoisotopic (exact) mass is 344 g/mol. The summed E-state index contributed by atoms with van der Waals surface area (Å²) in [7, 11) is 0. The van der Waals surface area contributed by atoms with Gasteiger partial charge in [0.2, 0.25) is 0 Å². The maximum atomic E-state index is 13.2. The van der Waals surface area contributed by atoms with Gasteiger partial charge in [0.15, 0.2) is 11.4 Å². The molecule has 0 saturated heterocycles. The first kappa shape index (κ1) is 16.7. The molecular formula is C17H17FN4O3. The van der Waals surface area contributed by atoms with E-state index in [9.17, 15) is 14.3 Å². The quantitative estimate of drug-likeness (QED) is 0.759. The Morgan fingerprint density at radius 2 is 2.12 bits per heavy atom. The number of nitrogens with zero attached hydrogens (tertiary/aromatic N) is 3. The maximum absolute atomic E-state index is 13.2. The Balaban J connectivity index is 1.81. The number of aryl methyl sites for hydroxylation is 3. The number of halogens is 1. The molecule has 2 heterocycles. The van der Waals surface area contributed by atoms with Gasteiger partial charge < -0.3 is 14.9 Å². The maximum Gasteiger partial charge on any atom is 0.275 e. The molecule has 0 radical (unpaired) electrons. The number of amides is 1.